The van der Waals surface area contributed by atoms with E-state index in [2.05, 4.69) is 15.3 Å². The second-order valence-corrected chi connectivity index (χ2v) is 4.35. The first kappa shape index (κ1) is 12.2. The molecule has 18 heavy (non-hydrogen) atoms. The number of rotatable bonds is 2. The summed E-state index contributed by atoms with van der Waals surface area (Å²) in [5.41, 5.74) is 7.07. The van der Waals surface area contributed by atoms with E-state index in [-0.39, 0.29) is 17.9 Å². The summed E-state index contributed by atoms with van der Waals surface area (Å²) in [6, 6.07) is 7.72. The standard InChI is InChI=1S/C13H16N4O/c1-8(2)16-13(14)17-12(18)10-7-15-11-6-4-3-5-9(10)11/h3-8,15H,1-2H3,(H3,14,16,17,18). The zero-order valence-corrected chi connectivity index (χ0v) is 10.4. The minimum atomic E-state index is -0.349. The highest BCUT2D eigenvalue weighted by Gasteiger charge is 2.11. The molecule has 5 heteroatoms. The summed E-state index contributed by atoms with van der Waals surface area (Å²) < 4.78 is 0. The van der Waals surface area contributed by atoms with Gasteiger partial charge in [0.15, 0.2) is 5.96 Å². The maximum absolute atomic E-state index is 12.0. The fourth-order valence-corrected chi connectivity index (χ4v) is 1.75. The third kappa shape index (κ3) is 2.51. The van der Waals surface area contributed by atoms with Gasteiger partial charge in [0.1, 0.15) is 0 Å². The molecule has 0 unspecified atom stereocenters. The van der Waals surface area contributed by atoms with Crippen LogP contribution in [0.15, 0.2) is 35.5 Å². The zero-order chi connectivity index (χ0) is 13.1. The average molecular weight is 244 g/mol. The van der Waals surface area contributed by atoms with E-state index >= 15 is 0 Å². The smallest absolute Gasteiger partial charge is 0.282 e. The maximum Gasteiger partial charge on any atom is 0.282 e. The van der Waals surface area contributed by atoms with E-state index in [9.17, 15) is 4.79 Å². The first-order chi connectivity index (χ1) is 8.58. The van der Waals surface area contributed by atoms with Crippen LogP contribution in [0.4, 0.5) is 0 Å². The number of aromatic amines is 1. The molecule has 1 amide bonds. The Morgan fingerprint density at radius 2 is 2.11 bits per heavy atom. The van der Waals surface area contributed by atoms with Crippen molar-refractivity contribution in [3.05, 3.63) is 36.0 Å². The number of hydrogen-bond donors (Lipinski definition) is 3. The van der Waals surface area contributed by atoms with Crippen LogP contribution in [-0.2, 0) is 0 Å². The Hall–Kier alpha value is -2.30. The largest absolute Gasteiger partial charge is 0.370 e. The second kappa shape index (κ2) is 4.91. The molecule has 1 heterocycles. The van der Waals surface area contributed by atoms with Crippen molar-refractivity contribution in [3.8, 4) is 0 Å². The molecule has 2 rings (SSSR count). The summed E-state index contributed by atoms with van der Waals surface area (Å²) in [6.07, 6.45) is 1.65. The highest BCUT2D eigenvalue weighted by Crippen LogP contribution is 2.18. The van der Waals surface area contributed by atoms with Crippen LogP contribution < -0.4 is 11.1 Å². The molecule has 0 fully saturated rings. The molecule has 0 bridgehead atoms. The Labute approximate surface area is 105 Å². The van der Waals surface area contributed by atoms with E-state index in [1.165, 1.54) is 0 Å². The molecule has 0 radical (unpaired) electrons. The number of carbonyl (C=O) groups is 1. The Morgan fingerprint density at radius 1 is 1.39 bits per heavy atom. The molecule has 0 aliphatic rings. The molecule has 0 saturated carbocycles. The van der Waals surface area contributed by atoms with Crippen LogP contribution in [0, 0.1) is 0 Å². The predicted octanol–water partition coefficient (Wildman–Crippen LogP) is 1.62. The lowest BCUT2D eigenvalue weighted by Crippen LogP contribution is -2.37. The third-order valence-electron chi connectivity index (χ3n) is 2.48. The van der Waals surface area contributed by atoms with Gasteiger partial charge in [0.05, 0.1) is 5.56 Å². The minimum Gasteiger partial charge on any atom is -0.370 e. The van der Waals surface area contributed by atoms with Crippen molar-refractivity contribution < 1.29 is 4.79 Å². The first-order valence-corrected chi connectivity index (χ1v) is 5.79. The Balaban J connectivity index is 2.29. The number of nitrogens with zero attached hydrogens (tertiary/aromatic N) is 1. The van der Waals surface area contributed by atoms with Crippen LogP contribution in [0.2, 0.25) is 0 Å². The second-order valence-electron chi connectivity index (χ2n) is 4.35. The van der Waals surface area contributed by atoms with Crippen molar-refractivity contribution >= 4 is 22.8 Å². The fraction of sp³-hybridized carbons (Fsp3) is 0.231. The molecule has 1 aromatic heterocycles. The number of hydrogen-bond acceptors (Lipinski definition) is 1. The molecule has 0 atom stereocenters. The van der Waals surface area contributed by atoms with Gasteiger partial charge < -0.3 is 16.0 Å². The molecule has 1 aromatic carbocycles. The number of para-hydroxylation sites is 1. The molecule has 94 valence electrons. The third-order valence-corrected chi connectivity index (χ3v) is 2.48. The quantitative estimate of drug-likeness (QED) is 0.554. The van der Waals surface area contributed by atoms with Gasteiger partial charge in [0, 0.05) is 23.1 Å². The van der Waals surface area contributed by atoms with Crippen molar-refractivity contribution in [3.63, 3.8) is 0 Å². The summed E-state index contributed by atoms with van der Waals surface area (Å²) in [7, 11) is 0. The van der Waals surface area contributed by atoms with E-state index in [1.54, 1.807) is 6.20 Å². The summed E-state index contributed by atoms with van der Waals surface area (Å²) in [5.74, 6) is -0.210. The number of nitrogens with one attached hydrogen (secondary N) is 2. The number of amides is 1. The van der Waals surface area contributed by atoms with Crippen molar-refractivity contribution in [2.45, 2.75) is 19.9 Å². The van der Waals surface area contributed by atoms with Gasteiger partial charge in [-0.15, -0.1) is 0 Å². The molecule has 2 aromatic rings. The van der Waals surface area contributed by atoms with Gasteiger partial charge in [-0.2, -0.15) is 4.99 Å². The van der Waals surface area contributed by atoms with Crippen molar-refractivity contribution in [1.29, 1.82) is 0 Å². The average Bonchev–Trinajstić information content (AvgIpc) is 2.71. The normalized spacial score (nSPS) is 12.1. The maximum atomic E-state index is 12.0. The van der Waals surface area contributed by atoms with Gasteiger partial charge in [-0.1, -0.05) is 18.2 Å². The monoisotopic (exact) mass is 244 g/mol. The lowest BCUT2D eigenvalue weighted by atomic mass is 10.2. The van der Waals surface area contributed by atoms with Crippen LogP contribution in [0.1, 0.15) is 24.2 Å². The van der Waals surface area contributed by atoms with E-state index in [0.29, 0.717) is 5.56 Å². The van der Waals surface area contributed by atoms with Crippen LogP contribution >= 0.6 is 0 Å². The molecule has 0 aliphatic heterocycles. The number of H-pyrrole nitrogens is 1. The number of carbonyl (C=O) groups excluding carboxylic acids is 1. The Bertz CT molecular complexity index is 598. The lowest BCUT2D eigenvalue weighted by molar-refractivity contribution is 0.100. The summed E-state index contributed by atoms with van der Waals surface area (Å²) in [4.78, 5) is 18.9. The highest BCUT2D eigenvalue weighted by atomic mass is 16.1. The SMILES string of the molecule is CC(C)NC(N)=NC(=O)c1c[nH]c2ccccc12. The van der Waals surface area contributed by atoms with E-state index in [4.69, 9.17) is 5.73 Å². The minimum absolute atomic E-state index is 0.139. The molecule has 0 aliphatic carbocycles. The highest BCUT2D eigenvalue weighted by molar-refractivity contribution is 6.10. The Kier molecular flexibility index (Phi) is 3.32. The molecule has 5 nitrogen and oxygen atoms in total. The zero-order valence-electron chi connectivity index (χ0n) is 10.4. The lowest BCUT2D eigenvalue weighted by Gasteiger charge is -2.07. The van der Waals surface area contributed by atoms with Gasteiger partial charge in [-0.3, -0.25) is 4.79 Å². The number of fused-ring (bicyclic) bond motifs is 1. The van der Waals surface area contributed by atoms with Crippen LogP contribution in [-0.4, -0.2) is 22.9 Å². The summed E-state index contributed by atoms with van der Waals surface area (Å²) in [6.45, 7) is 3.86. The van der Waals surface area contributed by atoms with Gasteiger partial charge in [-0.05, 0) is 19.9 Å². The molecular formula is C13H16N4O. The predicted molar refractivity (Wildman–Crippen MR) is 72.5 cm³/mol. The van der Waals surface area contributed by atoms with E-state index < -0.39 is 0 Å². The molecule has 4 N–H and O–H groups in total. The first-order valence-electron chi connectivity index (χ1n) is 5.79. The number of nitrogens with two attached hydrogens (primary N) is 1. The van der Waals surface area contributed by atoms with Gasteiger partial charge >= 0.3 is 0 Å². The van der Waals surface area contributed by atoms with Crippen LogP contribution in [0.5, 0.6) is 0 Å². The van der Waals surface area contributed by atoms with E-state index in [0.717, 1.165) is 10.9 Å². The van der Waals surface area contributed by atoms with Crippen LogP contribution in [0.25, 0.3) is 10.9 Å². The Morgan fingerprint density at radius 3 is 2.83 bits per heavy atom. The molecule has 0 saturated heterocycles. The van der Waals surface area contributed by atoms with Crippen molar-refractivity contribution in [1.82, 2.24) is 10.3 Å². The van der Waals surface area contributed by atoms with Crippen molar-refractivity contribution in [2.75, 3.05) is 0 Å². The number of aliphatic imine (C=N–C) groups is 1. The fourth-order valence-electron chi connectivity index (χ4n) is 1.75. The molecule has 0 spiro atoms. The van der Waals surface area contributed by atoms with Gasteiger partial charge in [0.25, 0.3) is 5.91 Å². The number of guanidine groups is 1. The van der Waals surface area contributed by atoms with E-state index in [1.807, 2.05) is 38.1 Å². The number of aromatic nitrogens is 1. The van der Waals surface area contributed by atoms with Crippen molar-refractivity contribution in [2.24, 2.45) is 10.7 Å². The topological polar surface area (TPSA) is 83.3 Å². The van der Waals surface area contributed by atoms with Gasteiger partial charge in [0.2, 0.25) is 0 Å². The number of benzene rings is 1. The summed E-state index contributed by atoms with van der Waals surface area (Å²) >= 11 is 0. The van der Waals surface area contributed by atoms with Crippen LogP contribution in [0.3, 0.4) is 0 Å². The van der Waals surface area contributed by atoms with Gasteiger partial charge in [-0.25, -0.2) is 0 Å². The molecular weight excluding hydrogens is 228 g/mol. The summed E-state index contributed by atoms with van der Waals surface area (Å²) in [5, 5.41) is 3.73.